The number of amides is 1. The summed E-state index contributed by atoms with van der Waals surface area (Å²) in [5.41, 5.74) is 0.974. The summed E-state index contributed by atoms with van der Waals surface area (Å²) in [6, 6.07) is 9.43. The maximum Gasteiger partial charge on any atom is 0.223 e. The van der Waals surface area contributed by atoms with E-state index >= 15 is 0 Å². The van der Waals surface area contributed by atoms with Crippen LogP contribution in [-0.4, -0.2) is 17.6 Å². The van der Waals surface area contributed by atoms with Crippen molar-refractivity contribution in [1.29, 1.82) is 0 Å². The fraction of sp³-hybridized carbons (Fsp3) is 0.562. The molecule has 2 aliphatic rings. The molecule has 2 N–H and O–H groups in total. The number of fused-ring (bicyclic) bond motifs is 2. The van der Waals surface area contributed by atoms with Gasteiger partial charge in [-0.3, -0.25) is 4.79 Å². The van der Waals surface area contributed by atoms with E-state index in [1.807, 2.05) is 30.3 Å². The standard InChI is InChI=1S/C16H21NO2/c18-10-15(12-4-2-1-3-5-12)17-16(19)14-9-11-6-7-13(14)8-11/h1-5,11,13-15,18H,6-10H2,(H,17,19)/t11?,13?,14?,15-/m0/s1. The smallest absolute Gasteiger partial charge is 0.223 e. The molecule has 2 bridgehead atoms. The summed E-state index contributed by atoms with van der Waals surface area (Å²) >= 11 is 0. The highest BCUT2D eigenvalue weighted by atomic mass is 16.3. The fourth-order valence-corrected chi connectivity index (χ4v) is 3.76. The summed E-state index contributed by atoms with van der Waals surface area (Å²) in [6.07, 6.45) is 4.78. The fourth-order valence-electron chi connectivity index (χ4n) is 3.76. The minimum Gasteiger partial charge on any atom is -0.394 e. The van der Waals surface area contributed by atoms with Gasteiger partial charge < -0.3 is 10.4 Å². The molecule has 1 aromatic rings. The van der Waals surface area contributed by atoms with Crippen molar-refractivity contribution in [2.24, 2.45) is 17.8 Å². The third kappa shape index (κ3) is 2.52. The van der Waals surface area contributed by atoms with Crippen LogP contribution in [0.15, 0.2) is 30.3 Å². The van der Waals surface area contributed by atoms with E-state index in [0.29, 0.717) is 5.92 Å². The third-order valence-electron chi connectivity index (χ3n) is 4.78. The number of carbonyl (C=O) groups excluding carboxylic acids is 1. The number of benzene rings is 1. The number of rotatable bonds is 4. The van der Waals surface area contributed by atoms with E-state index in [2.05, 4.69) is 5.32 Å². The van der Waals surface area contributed by atoms with Crippen molar-refractivity contribution < 1.29 is 9.90 Å². The van der Waals surface area contributed by atoms with Crippen LogP contribution in [0.3, 0.4) is 0 Å². The average molecular weight is 259 g/mol. The van der Waals surface area contributed by atoms with Crippen molar-refractivity contribution in [3.05, 3.63) is 35.9 Å². The van der Waals surface area contributed by atoms with E-state index in [0.717, 1.165) is 17.9 Å². The molecular formula is C16H21NO2. The predicted molar refractivity (Wildman–Crippen MR) is 73.3 cm³/mol. The van der Waals surface area contributed by atoms with Crippen LogP contribution >= 0.6 is 0 Å². The lowest BCUT2D eigenvalue weighted by atomic mass is 9.88. The Morgan fingerprint density at radius 1 is 1.26 bits per heavy atom. The second-order valence-electron chi connectivity index (χ2n) is 5.94. The lowest BCUT2D eigenvalue weighted by Gasteiger charge is -2.24. The summed E-state index contributed by atoms with van der Waals surface area (Å²) in [5, 5.41) is 12.5. The Bertz CT molecular complexity index is 445. The Hall–Kier alpha value is -1.35. The number of aliphatic hydroxyl groups excluding tert-OH is 1. The second kappa shape index (κ2) is 5.33. The van der Waals surface area contributed by atoms with E-state index in [4.69, 9.17) is 0 Å². The molecule has 1 aromatic carbocycles. The Morgan fingerprint density at radius 2 is 2.05 bits per heavy atom. The molecule has 3 heteroatoms. The second-order valence-corrected chi connectivity index (χ2v) is 5.94. The molecule has 0 aliphatic heterocycles. The molecule has 19 heavy (non-hydrogen) atoms. The molecule has 0 saturated heterocycles. The van der Waals surface area contributed by atoms with Crippen molar-refractivity contribution in [3.8, 4) is 0 Å². The highest BCUT2D eigenvalue weighted by molar-refractivity contribution is 5.80. The van der Waals surface area contributed by atoms with E-state index in [1.54, 1.807) is 0 Å². The normalized spacial score (nSPS) is 30.3. The summed E-state index contributed by atoms with van der Waals surface area (Å²) in [5.74, 6) is 1.66. The molecule has 2 fully saturated rings. The molecule has 2 aliphatic carbocycles. The van der Waals surface area contributed by atoms with E-state index in [-0.39, 0.29) is 24.5 Å². The molecule has 3 unspecified atom stereocenters. The first-order valence-corrected chi connectivity index (χ1v) is 7.24. The van der Waals surface area contributed by atoms with Crippen LogP contribution in [0.2, 0.25) is 0 Å². The van der Waals surface area contributed by atoms with Gasteiger partial charge in [-0.15, -0.1) is 0 Å². The van der Waals surface area contributed by atoms with Gasteiger partial charge in [-0.2, -0.15) is 0 Å². The van der Waals surface area contributed by atoms with Crippen molar-refractivity contribution in [2.45, 2.75) is 31.7 Å². The van der Waals surface area contributed by atoms with Crippen molar-refractivity contribution in [3.63, 3.8) is 0 Å². The number of carbonyl (C=O) groups is 1. The van der Waals surface area contributed by atoms with Crippen molar-refractivity contribution in [1.82, 2.24) is 5.32 Å². The van der Waals surface area contributed by atoms with Crippen LogP contribution in [0.25, 0.3) is 0 Å². The molecule has 3 nitrogen and oxygen atoms in total. The van der Waals surface area contributed by atoms with Gasteiger partial charge in [-0.1, -0.05) is 36.8 Å². The van der Waals surface area contributed by atoms with Crippen LogP contribution in [0.1, 0.15) is 37.3 Å². The summed E-state index contributed by atoms with van der Waals surface area (Å²) in [6.45, 7) is -0.0451. The average Bonchev–Trinajstić information content (AvgIpc) is 3.08. The first kappa shape index (κ1) is 12.7. The first-order chi connectivity index (χ1) is 9.28. The van der Waals surface area contributed by atoms with Gasteiger partial charge in [0.1, 0.15) is 0 Å². The van der Waals surface area contributed by atoms with Crippen LogP contribution in [0.5, 0.6) is 0 Å². The quantitative estimate of drug-likeness (QED) is 0.871. The number of hydrogen-bond acceptors (Lipinski definition) is 2. The zero-order valence-electron chi connectivity index (χ0n) is 11.1. The molecule has 0 heterocycles. The van der Waals surface area contributed by atoms with Crippen LogP contribution in [0.4, 0.5) is 0 Å². The maximum absolute atomic E-state index is 12.4. The highest BCUT2D eigenvalue weighted by Crippen LogP contribution is 2.48. The van der Waals surface area contributed by atoms with Crippen LogP contribution in [-0.2, 0) is 4.79 Å². The Labute approximate surface area is 114 Å². The molecule has 102 valence electrons. The molecule has 1 amide bonds. The van der Waals surface area contributed by atoms with E-state index in [1.165, 1.54) is 19.3 Å². The minimum atomic E-state index is -0.271. The summed E-state index contributed by atoms with van der Waals surface area (Å²) in [4.78, 5) is 12.4. The number of nitrogens with one attached hydrogen (secondary N) is 1. The lowest BCUT2D eigenvalue weighted by molar-refractivity contribution is -0.127. The zero-order valence-corrected chi connectivity index (χ0v) is 11.1. The Morgan fingerprint density at radius 3 is 2.63 bits per heavy atom. The van der Waals surface area contributed by atoms with Gasteiger partial charge in [0.05, 0.1) is 12.6 Å². The molecule has 3 rings (SSSR count). The van der Waals surface area contributed by atoms with Gasteiger partial charge in [0.2, 0.25) is 5.91 Å². The molecule has 0 aromatic heterocycles. The number of hydrogen-bond donors (Lipinski definition) is 2. The maximum atomic E-state index is 12.4. The summed E-state index contributed by atoms with van der Waals surface area (Å²) in [7, 11) is 0. The van der Waals surface area contributed by atoms with Crippen molar-refractivity contribution >= 4 is 5.91 Å². The topological polar surface area (TPSA) is 49.3 Å². The molecular weight excluding hydrogens is 238 g/mol. The van der Waals surface area contributed by atoms with Crippen molar-refractivity contribution in [2.75, 3.05) is 6.61 Å². The first-order valence-electron chi connectivity index (χ1n) is 7.24. The Kier molecular flexibility index (Phi) is 3.56. The van der Waals surface area contributed by atoms with Gasteiger partial charge in [0.25, 0.3) is 0 Å². The van der Waals surface area contributed by atoms with E-state index in [9.17, 15) is 9.90 Å². The van der Waals surface area contributed by atoms with E-state index < -0.39 is 0 Å². The third-order valence-corrected chi connectivity index (χ3v) is 4.78. The predicted octanol–water partition coefficient (Wildman–Crippen LogP) is 2.27. The molecule has 0 radical (unpaired) electrons. The number of aliphatic hydroxyl groups is 1. The minimum absolute atomic E-state index is 0.0451. The summed E-state index contributed by atoms with van der Waals surface area (Å²) < 4.78 is 0. The highest BCUT2D eigenvalue weighted by Gasteiger charge is 2.43. The monoisotopic (exact) mass is 259 g/mol. The van der Waals surface area contributed by atoms with Gasteiger partial charge in [0, 0.05) is 5.92 Å². The van der Waals surface area contributed by atoms with Gasteiger partial charge in [-0.05, 0) is 36.7 Å². The Balaban J connectivity index is 1.65. The zero-order chi connectivity index (χ0) is 13.2. The lowest BCUT2D eigenvalue weighted by Crippen LogP contribution is -2.37. The van der Waals surface area contributed by atoms with Gasteiger partial charge in [-0.25, -0.2) is 0 Å². The van der Waals surface area contributed by atoms with Gasteiger partial charge >= 0.3 is 0 Å². The molecule has 2 saturated carbocycles. The SMILES string of the molecule is O=C(N[C@@H](CO)c1ccccc1)C1CC2CCC1C2. The molecule has 0 spiro atoms. The molecule has 4 atom stereocenters. The van der Waals surface area contributed by atoms with Crippen LogP contribution in [0, 0.1) is 17.8 Å². The van der Waals surface area contributed by atoms with Crippen LogP contribution < -0.4 is 5.32 Å². The van der Waals surface area contributed by atoms with Gasteiger partial charge in [0.15, 0.2) is 0 Å². The largest absolute Gasteiger partial charge is 0.394 e.